The van der Waals surface area contributed by atoms with Crippen LogP contribution in [0.5, 0.6) is 0 Å². The van der Waals surface area contributed by atoms with Crippen molar-refractivity contribution >= 4 is 21.1 Å². The lowest BCUT2D eigenvalue weighted by Crippen LogP contribution is -2.24. The number of hydrogen-bond acceptors (Lipinski definition) is 3. The summed E-state index contributed by atoms with van der Waals surface area (Å²) in [5.74, 6) is -0.555. The molecule has 0 bridgehead atoms. The van der Waals surface area contributed by atoms with E-state index in [4.69, 9.17) is 4.55 Å². The molecule has 0 heterocycles. The Hall–Kier alpha value is -0.760. The third-order valence-electron chi connectivity index (χ3n) is 1.47. The molecule has 1 atom stereocenters. The van der Waals surface area contributed by atoms with E-state index in [1.54, 1.807) is 18.2 Å². The van der Waals surface area contributed by atoms with Gasteiger partial charge in [-0.05, 0) is 12.1 Å². The Kier molecular flexibility index (Phi) is 3.76. The van der Waals surface area contributed by atoms with Crippen molar-refractivity contribution in [3.63, 3.8) is 0 Å². The second-order valence-corrected chi connectivity index (χ2v) is 5.24. The van der Waals surface area contributed by atoms with Gasteiger partial charge in [0.2, 0.25) is 11.3 Å². The van der Waals surface area contributed by atoms with Crippen LogP contribution in [0.4, 0.5) is 0 Å². The fraction of sp³-hybridized carbons (Fsp3) is 0.143. The lowest BCUT2D eigenvalue weighted by atomic mass is 10.4. The monoisotopic (exact) mass is 235 g/mol. The van der Waals surface area contributed by atoms with Crippen LogP contribution in [-0.4, -0.2) is 23.1 Å². The minimum atomic E-state index is -3.52. The predicted octanol–water partition coefficient (Wildman–Crippen LogP) is 0.144. The summed E-state index contributed by atoms with van der Waals surface area (Å²) in [5, 5.41) is 0. The standard InChI is InChI=1S/C7H9NO4S2/c9-13(10)8-6-14(11,12)7-4-2-1-3-5-7/h1-5,8H,6H2,(H,9,10). The van der Waals surface area contributed by atoms with E-state index in [0.717, 1.165) is 0 Å². The molecule has 14 heavy (non-hydrogen) atoms. The fourth-order valence-corrected chi connectivity index (χ4v) is 2.60. The van der Waals surface area contributed by atoms with E-state index in [2.05, 4.69) is 0 Å². The maximum absolute atomic E-state index is 11.4. The van der Waals surface area contributed by atoms with E-state index < -0.39 is 27.0 Å². The van der Waals surface area contributed by atoms with Gasteiger partial charge in [-0.3, -0.25) is 4.55 Å². The number of sulfone groups is 1. The van der Waals surface area contributed by atoms with Gasteiger partial charge in [0.05, 0.1) is 4.90 Å². The Balaban J connectivity index is 2.82. The van der Waals surface area contributed by atoms with Crippen LogP contribution >= 0.6 is 0 Å². The summed E-state index contributed by atoms with van der Waals surface area (Å²) in [5.41, 5.74) is 0. The van der Waals surface area contributed by atoms with Crippen LogP contribution < -0.4 is 4.72 Å². The molecule has 1 unspecified atom stereocenters. The van der Waals surface area contributed by atoms with Crippen molar-refractivity contribution < 1.29 is 17.2 Å². The van der Waals surface area contributed by atoms with Gasteiger partial charge < -0.3 is 0 Å². The molecule has 0 aliphatic rings. The first kappa shape index (κ1) is 11.3. The molecule has 5 nitrogen and oxygen atoms in total. The lowest BCUT2D eigenvalue weighted by molar-refractivity contribution is 0.550. The van der Waals surface area contributed by atoms with Crippen molar-refractivity contribution in [3.8, 4) is 0 Å². The number of benzene rings is 1. The van der Waals surface area contributed by atoms with Gasteiger partial charge in [-0.1, -0.05) is 18.2 Å². The molecule has 1 rings (SSSR count). The molecule has 0 aliphatic carbocycles. The molecule has 0 fully saturated rings. The molecular formula is C7H9NO4S2. The molecule has 0 saturated heterocycles. The van der Waals surface area contributed by atoms with E-state index in [0.29, 0.717) is 0 Å². The normalized spacial score (nSPS) is 13.8. The first-order valence-corrected chi connectivity index (χ1v) is 6.40. The highest BCUT2D eigenvalue weighted by atomic mass is 32.2. The zero-order chi connectivity index (χ0) is 10.6. The van der Waals surface area contributed by atoms with Gasteiger partial charge in [-0.2, -0.15) is 4.72 Å². The van der Waals surface area contributed by atoms with Crippen molar-refractivity contribution in [2.75, 3.05) is 5.88 Å². The van der Waals surface area contributed by atoms with E-state index in [1.807, 2.05) is 4.72 Å². The Bertz CT molecular complexity index is 415. The van der Waals surface area contributed by atoms with Gasteiger partial charge >= 0.3 is 0 Å². The summed E-state index contributed by atoms with van der Waals surface area (Å²) in [6.07, 6.45) is 0. The highest BCUT2D eigenvalue weighted by Gasteiger charge is 2.13. The fourth-order valence-electron chi connectivity index (χ4n) is 0.839. The molecule has 7 heteroatoms. The average Bonchev–Trinajstić information content (AvgIpc) is 2.16. The highest BCUT2D eigenvalue weighted by molar-refractivity contribution is 7.92. The molecule has 1 aromatic carbocycles. The van der Waals surface area contributed by atoms with Gasteiger partial charge in [0.25, 0.3) is 0 Å². The Morgan fingerprint density at radius 1 is 1.29 bits per heavy atom. The van der Waals surface area contributed by atoms with Crippen molar-refractivity contribution in [1.82, 2.24) is 4.72 Å². The Labute approximate surface area is 84.5 Å². The molecule has 2 N–H and O–H groups in total. The van der Waals surface area contributed by atoms with Crippen molar-refractivity contribution in [3.05, 3.63) is 30.3 Å². The SMILES string of the molecule is O=S(O)NCS(=O)(=O)c1ccccc1. The summed E-state index contributed by atoms with van der Waals surface area (Å²) in [7, 11) is -3.52. The zero-order valence-corrected chi connectivity index (χ0v) is 8.72. The number of rotatable bonds is 4. The van der Waals surface area contributed by atoms with Crippen LogP contribution in [-0.2, 0) is 21.1 Å². The lowest BCUT2D eigenvalue weighted by Gasteiger charge is -2.02. The van der Waals surface area contributed by atoms with E-state index in [-0.39, 0.29) is 4.90 Å². The Morgan fingerprint density at radius 3 is 2.36 bits per heavy atom. The summed E-state index contributed by atoms with van der Waals surface area (Å²) >= 11 is -2.31. The second kappa shape index (κ2) is 4.65. The van der Waals surface area contributed by atoms with Crippen molar-refractivity contribution in [2.24, 2.45) is 0 Å². The van der Waals surface area contributed by atoms with Gasteiger partial charge in [-0.25, -0.2) is 12.6 Å². The Morgan fingerprint density at radius 2 is 1.86 bits per heavy atom. The van der Waals surface area contributed by atoms with Crippen LogP contribution in [0.1, 0.15) is 0 Å². The molecule has 0 aromatic heterocycles. The molecule has 0 saturated carbocycles. The van der Waals surface area contributed by atoms with Gasteiger partial charge in [0, 0.05) is 0 Å². The van der Waals surface area contributed by atoms with Crippen LogP contribution in [0, 0.1) is 0 Å². The number of hydrogen-bond donors (Lipinski definition) is 2. The molecule has 78 valence electrons. The van der Waals surface area contributed by atoms with Crippen molar-refractivity contribution in [2.45, 2.75) is 4.90 Å². The van der Waals surface area contributed by atoms with Gasteiger partial charge in [0.1, 0.15) is 5.88 Å². The summed E-state index contributed by atoms with van der Waals surface area (Å²) in [6.45, 7) is 0. The largest absolute Gasteiger partial charge is 0.294 e. The minimum absolute atomic E-state index is 0.123. The van der Waals surface area contributed by atoms with Crippen molar-refractivity contribution in [1.29, 1.82) is 0 Å². The van der Waals surface area contributed by atoms with Crippen LogP contribution in [0.2, 0.25) is 0 Å². The first-order chi connectivity index (χ1) is 6.52. The van der Waals surface area contributed by atoms with Crippen LogP contribution in [0.15, 0.2) is 35.2 Å². The molecule has 1 aromatic rings. The third-order valence-corrected chi connectivity index (χ3v) is 3.56. The zero-order valence-electron chi connectivity index (χ0n) is 7.08. The average molecular weight is 235 g/mol. The van der Waals surface area contributed by atoms with Crippen LogP contribution in [0.25, 0.3) is 0 Å². The predicted molar refractivity (Wildman–Crippen MR) is 52.4 cm³/mol. The maximum atomic E-state index is 11.4. The van der Waals surface area contributed by atoms with E-state index >= 15 is 0 Å². The number of nitrogens with one attached hydrogen (secondary N) is 1. The minimum Gasteiger partial charge on any atom is -0.294 e. The van der Waals surface area contributed by atoms with Gasteiger partial charge in [-0.15, -0.1) is 0 Å². The highest BCUT2D eigenvalue weighted by Crippen LogP contribution is 2.08. The topological polar surface area (TPSA) is 83.5 Å². The van der Waals surface area contributed by atoms with Crippen LogP contribution in [0.3, 0.4) is 0 Å². The van der Waals surface area contributed by atoms with E-state index in [1.165, 1.54) is 12.1 Å². The third kappa shape index (κ3) is 3.18. The smallest absolute Gasteiger partial charge is 0.232 e. The quantitative estimate of drug-likeness (QED) is 0.727. The summed E-state index contributed by atoms with van der Waals surface area (Å²) in [6, 6.07) is 7.72. The molecular weight excluding hydrogens is 226 g/mol. The molecule has 0 amide bonds. The molecule has 0 radical (unpaired) electrons. The second-order valence-electron chi connectivity index (χ2n) is 2.47. The molecule has 0 aliphatic heterocycles. The maximum Gasteiger partial charge on any atom is 0.232 e. The van der Waals surface area contributed by atoms with E-state index in [9.17, 15) is 12.6 Å². The first-order valence-electron chi connectivity index (χ1n) is 3.64. The van der Waals surface area contributed by atoms with Gasteiger partial charge in [0.15, 0.2) is 9.84 Å². The summed E-state index contributed by atoms with van der Waals surface area (Å²) < 4.78 is 43.4. The molecule has 0 spiro atoms. The summed E-state index contributed by atoms with van der Waals surface area (Å²) in [4.78, 5) is 0.123.